The number of fused-ring (bicyclic) bond motifs is 1. The molecular formula is C13H12ClN5. The van der Waals surface area contributed by atoms with Crippen molar-refractivity contribution in [3.05, 3.63) is 47.4 Å². The van der Waals surface area contributed by atoms with Crippen LogP contribution in [0.4, 0.5) is 5.69 Å². The molecule has 0 radical (unpaired) electrons. The highest BCUT2D eigenvalue weighted by Gasteiger charge is 2.05. The molecule has 0 bridgehead atoms. The van der Waals surface area contributed by atoms with Crippen molar-refractivity contribution in [1.29, 1.82) is 0 Å². The number of aryl methyl sites for hydroxylation is 1. The fourth-order valence-corrected chi connectivity index (χ4v) is 2.18. The molecule has 0 fully saturated rings. The van der Waals surface area contributed by atoms with Crippen LogP contribution in [0.15, 0.2) is 36.7 Å². The molecule has 0 atom stereocenters. The molecule has 0 amide bonds. The van der Waals surface area contributed by atoms with E-state index < -0.39 is 0 Å². The molecule has 3 rings (SSSR count). The number of aromatic nitrogens is 4. The predicted octanol–water partition coefficient (Wildman–Crippen LogP) is 2.63. The minimum Gasteiger partial charge on any atom is -0.377 e. The molecule has 3 aromatic rings. The van der Waals surface area contributed by atoms with Gasteiger partial charge in [-0.05, 0) is 18.2 Å². The van der Waals surface area contributed by atoms with Crippen LogP contribution in [0.5, 0.6) is 0 Å². The lowest BCUT2D eigenvalue weighted by atomic mass is 10.2. The van der Waals surface area contributed by atoms with E-state index in [2.05, 4.69) is 20.6 Å². The Labute approximate surface area is 115 Å². The van der Waals surface area contributed by atoms with Crippen LogP contribution in [0.1, 0.15) is 5.69 Å². The molecule has 0 spiro atoms. The first kappa shape index (κ1) is 11.9. The van der Waals surface area contributed by atoms with E-state index in [1.807, 2.05) is 37.5 Å². The number of halogens is 1. The highest BCUT2D eigenvalue weighted by Crippen LogP contribution is 2.26. The number of pyridine rings is 1. The van der Waals surface area contributed by atoms with Crippen LogP contribution in [0.3, 0.4) is 0 Å². The molecular weight excluding hydrogens is 262 g/mol. The van der Waals surface area contributed by atoms with Crippen molar-refractivity contribution in [1.82, 2.24) is 20.0 Å². The Morgan fingerprint density at radius 1 is 1.37 bits per heavy atom. The zero-order valence-corrected chi connectivity index (χ0v) is 11.1. The summed E-state index contributed by atoms with van der Waals surface area (Å²) >= 11 is 6.11. The van der Waals surface area contributed by atoms with Gasteiger partial charge in [0.15, 0.2) is 0 Å². The van der Waals surface area contributed by atoms with Crippen LogP contribution in [0, 0.1) is 0 Å². The van der Waals surface area contributed by atoms with Crippen molar-refractivity contribution < 1.29 is 0 Å². The lowest BCUT2D eigenvalue weighted by Gasteiger charge is -2.08. The van der Waals surface area contributed by atoms with Crippen LogP contribution in [0.25, 0.3) is 10.9 Å². The summed E-state index contributed by atoms with van der Waals surface area (Å²) in [6, 6.07) is 7.65. The Balaban J connectivity index is 1.91. The summed E-state index contributed by atoms with van der Waals surface area (Å²) in [5.41, 5.74) is 2.66. The number of rotatable bonds is 3. The molecule has 2 aromatic heterocycles. The van der Waals surface area contributed by atoms with E-state index >= 15 is 0 Å². The molecule has 0 saturated carbocycles. The van der Waals surface area contributed by atoms with E-state index in [0.29, 0.717) is 11.6 Å². The number of hydrogen-bond acceptors (Lipinski definition) is 4. The Hall–Kier alpha value is -2.14. The molecule has 0 unspecified atom stereocenters. The predicted molar refractivity (Wildman–Crippen MR) is 75.1 cm³/mol. The van der Waals surface area contributed by atoms with Gasteiger partial charge in [-0.15, -0.1) is 5.10 Å². The Morgan fingerprint density at radius 2 is 2.26 bits per heavy atom. The van der Waals surface area contributed by atoms with Gasteiger partial charge in [0.05, 0.1) is 17.7 Å². The normalized spacial score (nSPS) is 10.8. The minimum absolute atomic E-state index is 0.583. The molecule has 1 aromatic carbocycles. The van der Waals surface area contributed by atoms with Gasteiger partial charge in [0, 0.05) is 29.9 Å². The zero-order valence-electron chi connectivity index (χ0n) is 10.3. The molecule has 6 heteroatoms. The van der Waals surface area contributed by atoms with Crippen molar-refractivity contribution in [3.63, 3.8) is 0 Å². The van der Waals surface area contributed by atoms with Crippen LogP contribution in [0.2, 0.25) is 5.02 Å². The maximum atomic E-state index is 6.11. The van der Waals surface area contributed by atoms with E-state index in [1.54, 1.807) is 10.9 Å². The highest BCUT2D eigenvalue weighted by molar-refractivity contribution is 6.31. The van der Waals surface area contributed by atoms with Crippen molar-refractivity contribution in [3.8, 4) is 0 Å². The first-order valence-electron chi connectivity index (χ1n) is 5.86. The van der Waals surface area contributed by atoms with Gasteiger partial charge in [-0.1, -0.05) is 22.9 Å². The fraction of sp³-hybridized carbons (Fsp3) is 0.154. The second-order valence-electron chi connectivity index (χ2n) is 4.27. The van der Waals surface area contributed by atoms with Gasteiger partial charge < -0.3 is 5.32 Å². The van der Waals surface area contributed by atoms with Gasteiger partial charge in [-0.25, -0.2) is 0 Å². The van der Waals surface area contributed by atoms with Gasteiger partial charge in [-0.3, -0.25) is 9.67 Å². The van der Waals surface area contributed by atoms with Crippen molar-refractivity contribution in [2.75, 3.05) is 5.32 Å². The van der Waals surface area contributed by atoms with Gasteiger partial charge in [0.1, 0.15) is 5.69 Å². The molecule has 5 nitrogen and oxygen atoms in total. The minimum atomic E-state index is 0.583. The molecule has 0 saturated heterocycles. The third-order valence-electron chi connectivity index (χ3n) is 2.78. The summed E-state index contributed by atoms with van der Waals surface area (Å²) in [4.78, 5) is 4.38. The van der Waals surface area contributed by atoms with Crippen molar-refractivity contribution in [2.45, 2.75) is 6.54 Å². The zero-order chi connectivity index (χ0) is 13.2. The molecule has 0 aliphatic heterocycles. The SMILES string of the molecule is Cn1cc(CNc2cc(Cl)cc3cccnc23)nn1. The lowest BCUT2D eigenvalue weighted by Crippen LogP contribution is -2.01. The number of hydrogen-bond donors (Lipinski definition) is 1. The maximum Gasteiger partial charge on any atom is 0.102 e. The molecule has 19 heavy (non-hydrogen) atoms. The van der Waals surface area contributed by atoms with E-state index in [-0.39, 0.29) is 0 Å². The second-order valence-corrected chi connectivity index (χ2v) is 4.70. The smallest absolute Gasteiger partial charge is 0.102 e. The molecule has 0 aliphatic rings. The standard InChI is InChI=1S/C13H12ClN5/c1-19-8-11(17-18-19)7-16-12-6-10(14)5-9-3-2-4-15-13(9)12/h2-6,8,16H,7H2,1H3. The summed E-state index contributed by atoms with van der Waals surface area (Å²) in [5.74, 6) is 0. The Morgan fingerprint density at radius 3 is 3.05 bits per heavy atom. The van der Waals surface area contributed by atoms with Crippen LogP contribution in [-0.2, 0) is 13.6 Å². The van der Waals surface area contributed by atoms with E-state index in [0.717, 1.165) is 22.3 Å². The van der Waals surface area contributed by atoms with Gasteiger partial charge in [0.2, 0.25) is 0 Å². The van der Waals surface area contributed by atoms with Crippen molar-refractivity contribution >= 4 is 28.2 Å². The topological polar surface area (TPSA) is 55.6 Å². The Kier molecular flexibility index (Phi) is 3.05. The molecule has 0 aliphatic carbocycles. The third-order valence-corrected chi connectivity index (χ3v) is 3.00. The van der Waals surface area contributed by atoms with Crippen LogP contribution < -0.4 is 5.32 Å². The summed E-state index contributed by atoms with van der Waals surface area (Å²) in [6.07, 6.45) is 3.64. The van der Waals surface area contributed by atoms with Crippen LogP contribution in [-0.4, -0.2) is 20.0 Å². The van der Waals surface area contributed by atoms with Crippen LogP contribution >= 0.6 is 11.6 Å². The number of nitrogens with one attached hydrogen (secondary N) is 1. The Bertz CT molecular complexity index is 722. The van der Waals surface area contributed by atoms with Crippen molar-refractivity contribution in [2.24, 2.45) is 7.05 Å². The monoisotopic (exact) mass is 273 g/mol. The van der Waals surface area contributed by atoms with Gasteiger partial charge >= 0.3 is 0 Å². The van der Waals surface area contributed by atoms with E-state index in [1.165, 1.54) is 0 Å². The molecule has 2 heterocycles. The lowest BCUT2D eigenvalue weighted by molar-refractivity contribution is 0.713. The molecule has 1 N–H and O–H groups in total. The summed E-state index contributed by atoms with van der Waals surface area (Å²) in [7, 11) is 1.84. The first-order valence-corrected chi connectivity index (χ1v) is 6.23. The molecule has 96 valence electrons. The third kappa shape index (κ3) is 2.51. The average molecular weight is 274 g/mol. The number of benzene rings is 1. The maximum absolute atomic E-state index is 6.11. The van der Waals surface area contributed by atoms with Gasteiger partial charge in [0.25, 0.3) is 0 Å². The van der Waals surface area contributed by atoms with Gasteiger partial charge in [-0.2, -0.15) is 0 Å². The highest BCUT2D eigenvalue weighted by atomic mass is 35.5. The number of nitrogens with zero attached hydrogens (tertiary/aromatic N) is 4. The summed E-state index contributed by atoms with van der Waals surface area (Å²) < 4.78 is 1.67. The first-order chi connectivity index (χ1) is 9.22. The number of anilines is 1. The summed E-state index contributed by atoms with van der Waals surface area (Å²) in [5, 5.41) is 12.9. The largest absolute Gasteiger partial charge is 0.377 e. The van der Waals surface area contributed by atoms with E-state index in [9.17, 15) is 0 Å². The summed E-state index contributed by atoms with van der Waals surface area (Å²) in [6.45, 7) is 0.583. The van der Waals surface area contributed by atoms with E-state index in [4.69, 9.17) is 11.6 Å². The fourth-order valence-electron chi connectivity index (χ4n) is 1.95. The quantitative estimate of drug-likeness (QED) is 0.797. The second kappa shape index (κ2) is 4.85. The average Bonchev–Trinajstić information content (AvgIpc) is 2.81.